The molecule has 2 amide bonds. The van der Waals surface area contributed by atoms with Crippen molar-refractivity contribution in [3.8, 4) is 0 Å². The number of hydrogen-bond donors (Lipinski definition) is 2. The molecule has 6 heteroatoms. The van der Waals surface area contributed by atoms with Crippen LogP contribution in [0.4, 0.5) is 0 Å². The van der Waals surface area contributed by atoms with Crippen molar-refractivity contribution in [2.45, 2.75) is 52.5 Å². The minimum absolute atomic E-state index is 0. The Morgan fingerprint density at radius 1 is 1.15 bits per heavy atom. The molecule has 0 aromatic heterocycles. The third-order valence-corrected chi connectivity index (χ3v) is 3.73. The summed E-state index contributed by atoms with van der Waals surface area (Å²) in [5.74, 6) is 0.0235. The van der Waals surface area contributed by atoms with Crippen molar-refractivity contribution >= 4 is 23.4 Å². The zero-order valence-corrected chi connectivity index (χ0v) is 18.2. The van der Waals surface area contributed by atoms with Gasteiger partial charge in [0.05, 0.1) is 5.91 Å². The van der Waals surface area contributed by atoms with Crippen LogP contribution < -0.4 is 29.5 Å². The van der Waals surface area contributed by atoms with Crippen LogP contribution in [-0.4, -0.2) is 23.9 Å². The molecular formula is C21H32ClLiN2O2-2. The van der Waals surface area contributed by atoms with Gasteiger partial charge in [-0.15, -0.1) is 0 Å². The second-order valence-electron chi connectivity index (χ2n) is 7.15. The first-order chi connectivity index (χ1) is 12.0. The predicted octanol–water partition coefficient (Wildman–Crippen LogP) is 1.44. The summed E-state index contributed by atoms with van der Waals surface area (Å²) in [6, 6.07) is 5.46. The van der Waals surface area contributed by atoms with Crippen molar-refractivity contribution in [3.05, 3.63) is 55.1 Å². The van der Waals surface area contributed by atoms with Crippen LogP contribution in [0.2, 0.25) is 5.02 Å². The summed E-state index contributed by atoms with van der Waals surface area (Å²) >= 11 is 5.99. The van der Waals surface area contributed by atoms with Crippen molar-refractivity contribution in [1.29, 1.82) is 0 Å². The molecule has 0 aliphatic rings. The second-order valence-corrected chi connectivity index (χ2v) is 7.59. The van der Waals surface area contributed by atoms with Crippen LogP contribution in [0.5, 0.6) is 0 Å². The van der Waals surface area contributed by atoms with Crippen LogP contribution in [0.3, 0.4) is 0 Å². The first kappa shape index (κ1) is 28.1. The van der Waals surface area contributed by atoms with Gasteiger partial charge in [0.15, 0.2) is 0 Å². The monoisotopic (exact) mass is 386 g/mol. The maximum Gasteiger partial charge on any atom is 1.00 e. The molecule has 4 nitrogen and oxygen atoms in total. The standard InChI is InChI=1S/C15H20ClNO.C6H12NO.Li/c1-4-11(5-2)10-17-15(18)13-7-12(6-3)8-14(16)9-13;1-5(8)7-6(2,3)4;/h7-9,11H,1-2,4-6,10H2,3H3,(H,17,18);1H2,2-4H3,(H,7,8);/q-2;-1;+1. The van der Waals surface area contributed by atoms with Gasteiger partial charge in [-0.2, -0.15) is 12.8 Å². The van der Waals surface area contributed by atoms with Gasteiger partial charge >= 0.3 is 18.9 Å². The van der Waals surface area contributed by atoms with Crippen molar-refractivity contribution in [3.63, 3.8) is 0 Å². The third kappa shape index (κ3) is 13.7. The molecule has 0 spiro atoms. The van der Waals surface area contributed by atoms with Gasteiger partial charge in [0, 0.05) is 22.7 Å². The Hall–Kier alpha value is -1.08. The van der Waals surface area contributed by atoms with Gasteiger partial charge in [-0.25, -0.2) is 0 Å². The number of nitrogens with one attached hydrogen (secondary N) is 2. The summed E-state index contributed by atoms with van der Waals surface area (Å²) < 4.78 is 0. The number of rotatable bonds is 6. The fourth-order valence-corrected chi connectivity index (χ4v) is 2.35. The molecule has 0 saturated heterocycles. The molecule has 0 saturated carbocycles. The maximum absolute atomic E-state index is 12.0. The number of halogens is 1. The van der Waals surface area contributed by atoms with E-state index in [9.17, 15) is 9.59 Å². The first-order valence-electron chi connectivity index (χ1n) is 8.82. The third-order valence-electron chi connectivity index (χ3n) is 3.51. The van der Waals surface area contributed by atoms with E-state index in [4.69, 9.17) is 11.6 Å². The number of amides is 2. The van der Waals surface area contributed by atoms with E-state index in [1.165, 1.54) is 0 Å². The van der Waals surface area contributed by atoms with E-state index in [-0.39, 0.29) is 36.2 Å². The Morgan fingerprint density at radius 2 is 1.70 bits per heavy atom. The van der Waals surface area contributed by atoms with Crippen LogP contribution in [0.1, 0.15) is 56.5 Å². The van der Waals surface area contributed by atoms with Crippen LogP contribution >= 0.6 is 11.6 Å². The van der Waals surface area contributed by atoms with Crippen LogP contribution in [0, 0.1) is 26.7 Å². The van der Waals surface area contributed by atoms with Gasteiger partial charge in [0.1, 0.15) is 0 Å². The largest absolute Gasteiger partial charge is 1.00 e. The maximum atomic E-state index is 12.0. The fourth-order valence-electron chi connectivity index (χ4n) is 2.09. The van der Waals surface area contributed by atoms with E-state index in [1.54, 1.807) is 6.07 Å². The van der Waals surface area contributed by atoms with E-state index >= 15 is 0 Å². The van der Waals surface area contributed by atoms with E-state index < -0.39 is 0 Å². The van der Waals surface area contributed by atoms with Crippen molar-refractivity contribution in [2.24, 2.45) is 5.92 Å². The number of carbonyl (C=O) groups excluding carboxylic acids is 2. The van der Waals surface area contributed by atoms with E-state index in [2.05, 4.69) is 31.4 Å². The smallest absolute Gasteiger partial charge is 0.376 e. The SMILES string of the molecule is [CH2-]C(=O)NC(C)(C)C.[CH2-]CC(C[CH2-])CNC(=O)c1cc(Cl)cc(CC)c1.[Li+]. The molecule has 0 radical (unpaired) electrons. The zero-order valence-electron chi connectivity index (χ0n) is 17.5. The second kappa shape index (κ2) is 14.0. The molecule has 0 heterocycles. The average Bonchev–Trinajstić information content (AvgIpc) is 2.53. The van der Waals surface area contributed by atoms with Crippen molar-refractivity contribution < 1.29 is 28.4 Å². The van der Waals surface area contributed by atoms with Gasteiger partial charge in [0.2, 0.25) is 0 Å². The van der Waals surface area contributed by atoms with E-state index in [1.807, 2.05) is 39.8 Å². The molecule has 0 bridgehead atoms. The molecule has 0 aliphatic carbocycles. The zero-order chi connectivity index (χ0) is 20.3. The molecule has 1 aromatic rings. The Bertz CT molecular complexity index is 582. The van der Waals surface area contributed by atoms with Gasteiger partial charge in [-0.1, -0.05) is 24.4 Å². The molecule has 2 N–H and O–H groups in total. The van der Waals surface area contributed by atoms with Crippen molar-refractivity contribution in [2.75, 3.05) is 6.54 Å². The molecule has 0 fully saturated rings. The molecule has 27 heavy (non-hydrogen) atoms. The van der Waals surface area contributed by atoms with E-state index in [0.717, 1.165) is 24.8 Å². The molecule has 1 rings (SSSR count). The number of benzene rings is 1. The minimum Gasteiger partial charge on any atom is -0.376 e. The van der Waals surface area contributed by atoms with Gasteiger partial charge in [-0.3, -0.25) is 4.79 Å². The average molecular weight is 387 g/mol. The number of hydrogen-bond acceptors (Lipinski definition) is 2. The quantitative estimate of drug-likeness (QED) is 0.574. The summed E-state index contributed by atoms with van der Waals surface area (Å²) in [7, 11) is 0. The first-order valence-corrected chi connectivity index (χ1v) is 9.20. The van der Waals surface area contributed by atoms with Gasteiger partial charge < -0.3 is 36.2 Å². The molecule has 148 valence electrons. The summed E-state index contributed by atoms with van der Waals surface area (Å²) in [6.45, 7) is 19.2. The fraction of sp³-hybridized carbons (Fsp3) is 0.476. The molecule has 0 unspecified atom stereocenters. The normalized spacial score (nSPS) is 10.4. The summed E-state index contributed by atoms with van der Waals surface area (Å²) in [6.07, 6.45) is 2.42. The summed E-state index contributed by atoms with van der Waals surface area (Å²) in [5.41, 5.74) is 1.54. The van der Waals surface area contributed by atoms with Crippen LogP contribution in [0.15, 0.2) is 18.2 Å². The van der Waals surface area contributed by atoms with E-state index in [0.29, 0.717) is 23.0 Å². The minimum atomic E-state index is -0.225. The van der Waals surface area contributed by atoms with Gasteiger partial charge in [-0.05, 0) is 51.0 Å². The topological polar surface area (TPSA) is 58.2 Å². The molecule has 0 aliphatic heterocycles. The Balaban J connectivity index is 0. The van der Waals surface area contributed by atoms with Crippen molar-refractivity contribution in [1.82, 2.24) is 10.6 Å². The summed E-state index contributed by atoms with van der Waals surface area (Å²) in [4.78, 5) is 22.2. The molecular weight excluding hydrogens is 355 g/mol. The molecule has 0 atom stereocenters. The predicted molar refractivity (Wildman–Crippen MR) is 110 cm³/mol. The van der Waals surface area contributed by atoms with Crippen LogP contribution in [-0.2, 0) is 11.2 Å². The van der Waals surface area contributed by atoms with Gasteiger partial charge in [0.25, 0.3) is 5.91 Å². The van der Waals surface area contributed by atoms with Crippen LogP contribution in [0.25, 0.3) is 0 Å². The number of carbonyl (C=O) groups is 2. The Kier molecular flexibility index (Phi) is 14.6. The Morgan fingerprint density at radius 3 is 2.07 bits per heavy atom. The summed E-state index contributed by atoms with van der Waals surface area (Å²) in [5, 5.41) is 6.14. The molecule has 1 aromatic carbocycles. The number of aryl methyl sites for hydroxylation is 1. The Labute approximate surface area is 182 Å².